The van der Waals surface area contributed by atoms with Gasteiger partial charge in [-0.1, -0.05) is 79.7 Å². The van der Waals surface area contributed by atoms with E-state index < -0.39 is 5.92 Å². The van der Waals surface area contributed by atoms with Gasteiger partial charge in [0.25, 0.3) is 5.91 Å². The lowest BCUT2D eigenvalue weighted by Crippen LogP contribution is -2.47. The van der Waals surface area contributed by atoms with Gasteiger partial charge in [0.05, 0.1) is 24.3 Å². The second-order valence-electron chi connectivity index (χ2n) is 10.9. The van der Waals surface area contributed by atoms with Crippen molar-refractivity contribution in [3.8, 4) is 5.75 Å². The molecule has 2 amide bonds. The standard InChI is InChI=1S/C36H40N4O3/c1-4-26(2)37-35(41)30-25-29(38-36(42)34(27-13-7-5-8-14-27)28-15-9-6-10-16-28)19-20-31(30)39-21-23-40(24-22-39)32-17-11-12-18-33(32)43-3/h5-20,25-26,34H,4,21-24H2,1-3H3,(H,37,41)(H,38,42)/t26-/m0/s1. The molecule has 222 valence electrons. The van der Waals surface area contributed by atoms with Crippen LogP contribution in [0.4, 0.5) is 17.1 Å². The molecular weight excluding hydrogens is 536 g/mol. The van der Waals surface area contributed by atoms with Crippen LogP contribution in [0, 0.1) is 0 Å². The second kappa shape index (κ2) is 13.9. The molecule has 5 rings (SSSR count). The number of anilines is 3. The van der Waals surface area contributed by atoms with Crippen LogP contribution in [0.25, 0.3) is 0 Å². The number of rotatable bonds is 10. The summed E-state index contributed by atoms with van der Waals surface area (Å²) in [5, 5.41) is 6.24. The van der Waals surface area contributed by atoms with Gasteiger partial charge in [-0.25, -0.2) is 0 Å². The predicted molar refractivity (Wildman–Crippen MR) is 174 cm³/mol. The smallest absolute Gasteiger partial charge is 0.253 e. The number of ether oxygens (including phenoxy) is 1. The molecule has 0 unspecified atom stereocenters. The Labute approximate surface area is 254 Å². The molecular formula is C36H40N4O3. The molecule has 0 spiro atoms. The van der Waals surface area contributed by atoms with Crippen LogP contribution in [0.2, 0.25) is 0 Å². The van der Waals surface area contributed by atoms with Crippen molar-refractivity contribution >= 4 is 28.9 Å². The van der Waals surface area contributed by atoms with E-state index in [0.29, 0.717) is 11.3 Å². The van der Waals surface area contributed by atoms with Gasteiger partial charge in [0.2, 0.25) is 5.91 Å². The number of hydrogen-bond donors (Lipinski definition) is 2. The van der Waals surface area contributed by atoms with E-state index in [1.165, 1.54) is 0 Å². The summed E-state index contributed by atoms with van der Waals surface area (Å²) in [6, 6.07) is 33.3. The van der Waals surface area contributed by atoms with Crippen molar-refractivity contribution in [3.05, 3.63) is 120 Å². The minimum absolute atomic E-state index is 0.0292. The summed E-state index contributed by atoms with van der Waals surface area (Å²) in [5.41, 5.74) is 4.90. The molecule has 0 saturated carbocycles. The molecule has 4 aromatic carbocycles. The first-order valence-electron chi connectivity index (χ1n) is 15.0. The van der Waals surface area contributed by atoms with Crippen LogP contribution >= 0.6 is 0 Å². The maximum absolute atomic E-state index is 13.8. The van der Waals surface area contributed by atoms with Crippen molar-refractivity contribution < 1.29 is 14.3 Å². The third-order valence-electron chi connectivity index (χ3n) is 8.07. The molecule has 0 radical (unpaired) electrons. The normalized spacial score (nSPS) is 13.9. The topological polar surface area (TPSA) is 73.9 Å². The van der Waals surface area contributed by atoms with Crippen LogP contribution in [0.3, 0.4) is 0 Å². The van der Waals surface area contributed by atoms with Gasteiger partial charge in [-0.3, -0.25) is 9.59 Å². The number of nitrogens with one attached hydrogen (secondary N) is 2. The van der Waals surface area contributed by atoms with Gasteiger partial charge in [0.1, 0.15) is 5.75 Å². The fourth-order valence-corrected chi connectivity index (χ4v) is 5.55. The van der Waals surface area contributed by atoms with E-state index in [1.807, 2.05) is 111 Å². The minimum atomic E-state index is -0.484. The highest BCUT2D eigenvalue weighted by molar-refractivity contribution is 6.03. The molecule has 0 aromatic heterocycles. The van der Waals surface area contributed by atoms with Gasteiger partial charge < -0.3 is 25.2 Å². The molecule has 2 N–H and O–H groups in total. The van der Waals surface area contributed by atoms with Crippen molar-refractivity contribution in [2.75, 3.05) is 48.4 Å². The number of carbonyl (C=O) groups is 2. The Hall–Kier alpha value is -4.78. The Kier molecular flexibility index (Phi) is 9.62. The molecule has 1 aliphatic heterocycles. The average Bonchev–Trinajstić information content (AvgIpc) is 3.06. The first-order valence-corrected chi connectivity index (χ1v) is 15.0. The van der Waals surface area contributed by atoms with Crippen molar-refractivity contribution in [3.63, 3.8) is 0 Å². The molecule has 7 nitrogen and oxygen atoms in total. The summed E-state index contributed by atoms with van der Waals surface area (Å²) in [6.07, 6.45) is 0.824. The average molecular weight is 577 g/mol. The van der Waals surface area contributed by atoms with Gasteiger partial charge in [-0.15, -0.1) is 0 Å². The first kappa shape index (κ1) is 29.7. The highest BCUT2D eigenvalue weighted by Crippen LogP contribution is 2.32. The molecule has 4 aromatic rings. The van der Waals surface area contributed by atoms with Crippen LogP contribution in [0.15, 0.2) is 103 Å². The third kappa shape index (κ3) is 7.00. The fraction of sp³-hybridized carbons (Fsp3) is 0.278. The number of hydrogen-bond acceptors (Lipinski definition) is 5. The fourth-order valence-electron chi connectivity index (χ4n) is 5.55. The highest BCUT2D eigenvalue weighted by atomic mass is 16.5. The third-order valence-corrected chi connectivity index (χ3v) is 8.07. The quantitative estimate of drug-likeness (QED) is 0.231. The summed E-state index contributed by atoms with van der Waals surface area (Å²) < 4.78 is 5.58. The predicted octanol–water partition coefficient (Wildman–Crippen LogP) is 6.32. The van der Waals surface area contributed by atoms with Crippen LogP contribution in [-0.4, -0.2) is 51.1 Å². The van der Waals surface area contributed by atoms with Crippen LogP contribution in [0.5, 0.6) is 5.75 Å². The van der Waals surface area contributed by atoms with E-state index in [1.54, 1.807) is 7.11 Å². The number of para-hydroxylation sites is 2. The van der Waals surface area contributed by atoms with Gasteiger partial charge in [-0.2, -0.15) is 0 Å². The number of methoxy groups -OCH3 is 1. The zero-order valence-corrected chi connectivity index (χ0v) is 25.1. The van der Waals surface area contributed by atoms with Crippen LogP contribution in [-0.2, 0) is 4.79 Å². The maximum Gasteiger partial charge on any atom is 0.253 e. The maximum atomic E-state index is 13.8. The Morgan fingerprint density at radius 2 is 1.33 bits per heavy atom. The van der Waals surface area contributed by atoms with E-state index in [0.717, 1.165) is 60.9 Å². The Bertz CT molecular complexity index is 1480. The van der Waals surface area contributed by atoms with Crippen LogP contribution in [0.1, 0.15) is 47.7 Å². The zero-order valence-electron chi connectivity index (χ0n) is 25.1. The Balaban J connectivity index is 1.40. The number of carbonyl (C=O) groups excluding carboxylic acids is 2. The lowest BCUT2D eigenvalue weighted by molar-refractivity contribution is -0.116. The summed E-state index contributed by atoms with van der Waals surface area (Å²) in [4.78, 5) is 31.9. The Morgan fingerprint density at radius 1 is 0.767 bits per heavy atom. The largest absolute Gasteiger partial charge is 0.495 e. The van der Waals surface area contributed by atoms with E-state index in [-0.39, 0.29) is 17.9 Å². The van der Waals surface area contributed by atoms with Gasteiger partial charge in [-0.05, 0) is 54.8 Å². The molecule has 0 aliphatic carbocycles. The number of benzene rings is 4. The van der Waals surface area contributed by atoms with E-state index in [2.05, 4.69) is 26.5 Å². The summed E-state index contributed by atoms with van der Waals surface area (Å²) in [5.74, 6) is 0.0793. The van der Waals surface area contributed by atoms with E-state index in [4.69, 9.17) is 4.74 Å². The number of piperazine rings is 1. The lowest BCUT2D eigenvalue weighted by Gasteiger charge is -2.38. The molecule has 1 aliphatic rings. The van der Waals surface area contributed by atoms with Crippen molar-refractivity contribution in [2.45, 2.75) is 32.2 Å². The summed E-state index contributed by atoms with van der Waals surface area (Å²) >= 11 is 0. The van der Waals surface area contributed by atoms with Gasteiger partial charge in [0.15, 0.2) is 0 Å². The summed E-state index contributed by atoms with van der Waals surface area (Å²) in [6.45, 7) is 7.13. The minimum Gasteiger partial charge on any atom is -0.495 e. The van der Waals surface area contributed by atoms with Crippen molar-refractivity contribution in [2.24, 2.45) is 0 Å². The van der Waals surface area contributed by atoms with Gasteiger partial charge >= 0.3 is 0 Å². The van der Waals surface area contributed by atoms with Gasteiger partial charge in [0, 0.05) is 43.6 Å². The summed E-state index contributed by atoms with van der Waals surface area (Å²) in [7, 11) is 1.69. The van der Waals surface area contributed by atoms with Crippen molar-refractivity contribution in [1.29, 1.82) is 0 Å². The van der Waals surface area contributed by atoms with E-state index in [9.17, 15) is 9.59 Å². The SMILES string of the molecule is CC[C@H](C)NC(=O)c1cc(NC(=O)C(c2ccccc2)c2ccccc2)ccc1N1CCN(c2ccccc2OC)CC1. The molecule has 43 heavy (non-hydrogen) atoms. The van der Waals surface area contributed by atoms with Crippen LogP contribution < -0.4 is 25.2 Å². The molecule has 7 heteroatoms. The first-order chi connectivity index (χ1) is 21.0. The van der Waals surface area contributed by atoms with Crippen molar-refractivity contribution in [1.82, 2.24) is 5.32 Å². The number of nitrogens with zero attached hydrogens (tertiary/aromatic N) is 2. The Morgan fingerprint density at radius 3 is 1.91 bits per heavy atom. The second-order valence-corrected chi connectivity index (χ2v) is 10.9. The molecule has 1 saturated heterocycles. The lowest BCUT2D eigenvalue weighted by atomic mass is 9.90. The zero-order chi connectivity index (χ0) is 30.2. The monoisotopic (exact) mass is 576 g/mol. The molecule has 1 heterocycles. The highest BCUT2D eigenvalue weighted by Gasteiger charge is 2.26. The van der Waals surface area contributed by atoms with E-state index >= 15 is 0 Å². The number of amides is 2. The molecule has 0 bridgehead atoms. The molecule has 1 fully saturated rings. The molecule has 1 atom stereocenters.